The Balaban J connectivity index is 2.67. The predicted octanol–water partition coefficient (Wildman–Crippen LogP) is 3.57. The van der Waals surface area contributed by atoms with E-state index in [0.29, 0.717) is 6.42 Å². The third kappa shape index (κ3) is 4.15. The van der Waals surface area contributed by atoms with Gasteiger partial charge in [-0.3, -0.25) is 4.79 Å². The summed E-state index contributed by atoms with van der Waals surface area (Å²) in [5, 5.41) is 11.8. The van der Waals surface area contributed by atoms with Crippen molar-refractivity contribution in [3.63, 3.8) is 0 Å². The Hall–Kier alpha value is -1.34. The second-order valence-electron chi connectivity index (χ2n) is 4.26. The van der Waals surface area contributed by atoms with Crippen LogP contribution in [-0.2, 0) is 4.79 Å². The molecule has 0 aromatic heterocycles. The fraction of sp³-hybridized carbons (Fsp3) is 0.429. The Bertz CT molecular complexity index is 453. The highest BCUT2D eigenvalue weighted by Gasteiger charge is 2.19. The molecule has 0 aliphatic heterocycles. The van der Waals surface area contributed by atoms with Gasteiger partial charge in [0.1, 0.15) is 5.92 Å². The van der Waals surface area contributed by atoms with Crippen molar-refractivity contribution >= 4 is 21.8 Å². The molecular formula is C14H17BrN2O. The molecule has 1 N–H and O–H groups in total. The van der Waals surface area contributed by atoms with Gasteiger partial charge in [-0.15, -0.1) is 0 Å². The molecule has 1 rings (SSSR count). The molecule has 0 radical (unpaired) electrons. The number of hydrogen-bond donors (Lipinski definition) is 1. The number of carbonyl (C=O) groups is 1. The summed E-state index contributed by atoms with van der Waals surface area (Å²) < 4.78 is 0.978. The first-order chi connectivity index (χ1) is 8.58. The molecule has 1 amide bonds. The molecule has 0 bridgehead atoms. The van der Waals surface area contributed by atoms with Crippen LogP contribution in [0.4, 0.5) is 0 Å². The zero-order valence-corrected chi connectivity index (χ0v) is 12.2. The number of nitrogens with zero attached hydrogens (tertiary/aromatic N) is 1. The summed E-state index contributed by atoms with van der Waals surface area (Å²) in [4.78, 5) is 11.9. The number of rotatable bonds is 5. The lowest BCUT2D eigenvalue weighted by Gasteiger charge is -2.16. The highest BCUT2D eigenvalue weighted by molar-refractivity contribution is 9.10. The molecule has 0 saturated carbocycles. The summed E-state index contributed by atoms with van der Waals surface area (Å²) in [6.07, 6.45) is 1.43. The van der Waals surface area contributed by atoms with Crippen LogP contribution >= 0.6 is 15.9 Å². The molecule has 1 aromatic carbocycles. The molecule has 1 aromatic rings. The van der Waals surface area contributed by atoms with Gasteiger partial charge in [0.15, 0.2) is 0 Å². The Morgan fingerprint density at radius 3 is 2.83 bits per heavy atom. The summed E-state index contributed by atoms with van der Waals surface area (Å²) in [5.74, 6) is -0.739. The van der Waals surface area contributed by atoms with Crippen molar-refractivity contribution in [1.82, 2.24) is 5.32 Å². The largest absolute Gasteiger partial charge is 0.348 e. The van der Waals surface area contributed by atoms with Crippen LogP contribution < -0.4 is 5.32 Å². The Kier molecular flexibility index (Phi) is 5.87. The average Bonchev–Trinajstić information content (AvgIpc) is 2.35. The molecule has 0 aliphatic carbocycles. The standard InChI is InChI=1S/C14H17BrN2O/c1-3-5-12(9-16)14(18)17-10(2)11-6-4-7-13(15)8-11/h4,6-8,10,12H,3,5H2,1-2H3,(H,17,18). The number of amides is 1. The molecule has 0 fully saturated rings. The van der Waals surface area contributed by atoms with Gasteiger partial charge in [-0.25, -0.2) is 0 Å². The zero-order chi connectivity index (χ0) is 13.5. The highest BCUT2D eigenvalue weighted by Crippen LogP contribution is 2.18. The van der Waals surface area contributed by atoms with Crippen LogP contribution in [0.3, 0.4) is 0 Å². The fourth-order valence-electron chi connectivity index (χ4n) is 1.72. The van der Waals surface area contributed by atoms with Crippen molar-refractivity contribution in [2.45, 2.75) is 32.7 Å². The first-order valence-electron chi connectivity index (χ1n) is 6.04. The Morgan fingerprint density at radius 1 is 1.56 bits per heavy atom. The molecule has 3 nitrogen and oxygen atoms in total. The van der Waals surface area contributed by atoms with Gasteiger partial charge in [-0.05, 0) is 31.0 Å². The molecule has 96 valence electrons. The lowest BCUT2D eigenvalue weighted by Crippen LogP contribution is -2.32. The van der Waals surface area contributed by atoms with Gasteiger partial charge < -0.3 is 5.32 Å². The van der Waals surface area contributed by atoms with Crippen LogP contribution in [0.5, 0.6) is 0 Å². The molecule has 0 saturated heterocycles. The van der Waals surface area contributed by atoms with Crippen LogP contribution in [-0.4, -0.2) is 5.91 Å². The van der Waals surface area contributed by atoms with E-state index in [9.17, 15) is 4.79 Å². The Morgan fingerprint density at radius 2 is 2.28 bits per heavy atom. The van der Waals surface area contributed by atoms with Crippen LogP contribution in [0.2, 0.25) is 0 Å². The third-order valence-electron chi connectivity index (χ3n) is 2.76. The van der Waals surface area contributed by atoms with E-state index >= 15 is 0 Å². The third-order valence-corrected chi connectivity index (χ3v) is 3.25. The van der Waals surface area contributed by atoms with Crippen molar-refractivity contribution in [1.29, 1.82) is 5.26 Å². The maximum absolute atomic E-state index is 11.9. The van der Waals surface area contributed by atoms with E-state index in [2.05, 4.69) is 21.2 Å². The van der Waals surface area contributed by atoms with Gasteiger partial charge in [0, 0.05) is 4.47 Å². The molecule has 4 heteroatoms. The number of carbonyl (C=O) groups excluding carboxylic acids is 1. The minimum atomic E-state index is -0.551. The molecular weight excluding hydrogens is 292 g/mol. The number of hydrogen-bond acceptors (Lipinski definition) is 2. The number of halogens is 1. The van der Waals surface area contributed by atoms with Gasteiger partial charge in [-0.2, -0.15) is 5.26 Å². The van der Waals surface area contributed by atoms with Gasteiger partial charge in [0.05, 0.1) is 12.1 Å². The van der Waals surface area contributed by atoms with Crippen molar-refractivity contribution < 1.29 is 4.79 Å². The second-order valence-corrected chi connectivity index (χ2v) is 5.17. The van der Waals surface area contributed by atoms with Gasteiger partial charge >= 0.3 is 0 Å². The minimum Gasteiger partial charge on any atom is -0.348 e. The van der Waals surface area contributed by atoms with Crippen LogP contribution in [0.25, 0.3) is 0 Å². The van der Waals surface area contributed by atoms with E-state index < -0.39 is 5.92 Å². The number of nitrogens with one attached hydrogen (secondary N) is 1. The molecule has 2 unspecified atom stereocenters. The summed E-state index contributed by atoms with van der Waals surface area (Å²) in [6, 6.07) is 9.74. The van der Waals surface area contributed by atoms with Crippen molar-refractivity contribution in [3.05, 3.63) is 34.3 Å². The maximum Gasteiger partial charge on any atom is 0.237 e. The molecule has 2 atom stereocenters. The normalized spacial score (nSPS) is 13.4. The number of nitriles is 1. The van der Waals surface area contributed by atoms with E-state index in [4.69, 9.17) is 5.26 Å². The van der Waals surface area contributed by atoms with E-state index in [1.165, 1.54) is 0 Å². The van der Waals surface area contributed by atoms with E-state index in [1.54, 1.807) is 0 Å². The monoisotopic (exact) mass is 308 g/mol. The van der Waals surface area contributed by atoms with Crippen molar-refractivity contribution in [2.24, 2.45) is 5.92 Å². The van der Waals surface area contributed by atoms with Gasteiger partial charge in [0.2, 0.25) is 5.91 Å². The topological polar surface area (TPSA) is 52.9 Å². The second kappa shape index (κ2) is 7.17. The quantitative estimate of drug-likeness (QED) is 0.904. The van der Waals surface area contributed by atoms with Crippen LogP contribution in [0, 0.1) is 17.2 Å². The average molecular weight is 309 g/mol. The molecule has 0 aliphatic rings. The first-order valence-corrected chi connectivity index (χ1v) is 6.83. The van der Waals surface area contributed by atoms with Gasteiger partial charge in [0.25, 0.3) is 0 Å². The van der Waals surface area contributed by atoms with E-state index in [1.807, 2.05) is 44.2 Å². The van der Waals surface area contributed by atoms with E-state index in [0.717, 1.165) is 16.5 Å². The summed E-state index contributed by atoms with van der Waals surface area (Å²) in [6.45, 7) is 3.88. The Labute approximate surface area is 116 Å². The molecule has 0 heterocycles. The SMILES string of the molecule is CCCC(C#N)C(=O)NC(C)c1cccc(Br)c1. The predicted molar refractivity (Wildman–Crippen MR) is 74.7 cm³/mol. The van der Waals surface area contributed by atoms with Crippen LogP contribution in [0.1, 0.15) is 38.3 Å². The lowest BCUT2D eigenvalue weighted by atomic mass is 10.0. The van der Waals surface area contributed by atoms with Crippen molar-refractivity contribution in [2.75, 3.05) is 0 Å². The zero-order valence-electron chi connectivity index (χ0n) is 10.6. The van der Waals surface area contributed by atoms with Crippen molar-refractivity contribution in [3.8, 4) is 6.07 Å². The van der Waals surface area contributed by atoms with Crippen LogP contribution in [0.15, 0.2) is 28.7 Å². The first kappa shape index (κ1) is 14.7. The lowest BCUT2D eigenvalue weighted by molar-refractivity contribution is -0.124. The smallest absolute Gasteiger partial charge is 0.237 e. The van der Waals surface area contributed by atoms with Gasteiger partial charge in [-0.1, -0.05) is 41.4 Å². The maximum atomic E-state index is 11.9. The molecule has 0 spiro atoms. The summed E-state index contributed by atoms with van der Waals surface area (Å²) in [5.41, 5.74) is 1.02. The number of benzene rings is 1. The summed E-state index contributed by atoms with van der Waals surface area (Å²) >= 11 is 3.40. The highest BCUT2D eigenvalue weighted by atomic mass is 79.9. The fourth-order valence-corrected chi connectivity index (χ4v) is 2.13. The van der Waals surface area contributed by atoms with E-state index in [-0.39, 0.29) is 11.9 Å². The summed E-state index contributed by atoms with van der Waals surface area (Å²) in [7, 11) is 0. The minimum absolute atomic E-state index is 0.0947. The molecule has 18 heavy (non-hydrogen) atoms.